The van der Waals surface area contributed by atoms with Crippen molar-refractivity contribution in [2.75, 3.05) is 0 Å². The molecule has 1 aromatic carbocycles. The van der Waals surface area contributed by atoms with E-state index in [-0.39, 0.29) is 5.82 Å². The van der Waals surface area contributed by atoms with Gasteiger partial charge >= 0.3 is 0 Å². The Labute approximate surface area is 91.5 Å². The van der Waals surface area contributed by atoms with Crippen LogP contribution in [0.25, 0.3) is 0 Å². The van der Waals surface area contributed by atoms with Gasteiger partial charge in [0.1, 0.15) is 5.82 Å². The zero-order chi connectivity index (χ0) is 10.8. The molecular weight excluding hydrogens is 187 g/mol. The molecule has 1 aromatic rings. The second-order valence-corrected chi connectivity index (χ2v) is 4.97. The summed E-state index contributed by atoms with van der Waals surface area (Å²) in [7, 11) is 0. The standard InChI is InChI=1S/C14H19F/c1-10-4-3-5-12(8-10)14-7-6-13(15)9-11(14)2/h6-7,9-10,12H,3-5,8H2,1-2H3/t10?,12-/m1/s1. The van der Waals surface area contributed by atoms with Gasteiger partial charge in [-0.3, -0.25) is 0 Å². The first-order valence-corrected chi connectivity index (χ1v) is 5.93. The minimum atomic E-state index is -0.111. The Kier molecular flexibility index (Phi) is 3.08. The SMILES string of the molecule is Cc1cc(F)ccc1[C@@H]1CCCC(C)C1. The molecule has 2 atom stereocenters. The summed E-state index contributed by atoms with van der Waals surface area (Å²) in [4.78, 5) is 0. The summed E-state index contributed by atoms with van der Waals surface area (Å²) in [6, 6.07) is 5.24. The highest BCUT2D eigenvalue weighted by molar-refractivity contribution is 5.30. The largest absolute Gasteiger partial charge is 0.207 e. The van der Waals surface area contributed by atoms with Crippen molar-refractivity contribution in [3.8, 4) is 0 Å². The summed E-state index contributed by atoms with van der Waals surface area (Å²) >= 11 is 0. The van der Waals surface area contributed by atoms with Gasteiger partial charge in [-0.1, -0.05) is 25.8 Å². The molecule has 0 saturated heterocycles. The van der Waals surface area contributed by atoms with Crippen LogP contribution in [0, 0.1) is 18.7 Å². The Morgan fingerprint density at radius 2 is 2.07 bits per heavy atom. The molecule has 1 aliphatic rings. The van der Waals surface area contributed by atoms with Crippen LogP contribution in [0.2, 0.25) is 0 Å². The molecular formula is C14H19F. The summed E-state index contributed by atoms with van der Waals surface area (Å²) in [6.07, 6.45) is 5.22. The van der Waals surface area contributed by atoms with E-state index in [1.165, 1.54) is 31.2 Å². The molecule has 0 bridgehead atoms. The molecule has 0 radical (unpaired) electrons. The lowest BCUT2D eigenvalue weighted by molar-refractivity contribution is 0.343. The fourth-order valence-corrected chi connectivity index (χ4v) is 2.81. The highest BCUT2D eigenvalue weighted by atomic mass is 19.1. The maximum Gasteiger partial charge on any atom is 0.123 e. The Hall–Kier alpha value is -0.850. The number of benzene rings is 1. The van der Waals surface area contributed by atoms with Crippen LogP contribution in [0.5, 0.6) is 0 Å². The van der Waals surface area contributed by atoms with Crippen LogP contribution in [-0.4, -0.2) is 0 Å². The highest BCUT2D eigenvalue weighted by Crippen LogP contribution is 2.37. The van der Waals surface area contributed by atoms with Crippen molar-refractivity contribution in [3.05, 3.63) is 35.1 Å². The highest BCUT2D eigenvalue weighted by Gasteiger charge is 2.21. The number of aryl methyl sites for hydroxylation is 1. The van der Waals surface area contributed by atoms with E-state index >= 15 is 0 Å². The molecule has 0 heterocycles. The lowest BCUT2D eigenvalue weighted by atomic mass is 9.78. The lowest BCUT2D eigenvalue weighted by Crippen LogP contribution is -2.12. The van der Waals surface area contributed by atoms with Crippen molar-refractivity contribution in [1.29, 1.82) is 0 Å². The summed E-state index contributed by atoms with van der Waals surface area (Å²) in [6.45, 7) is 4.35. The first kappa shape index (κ1) is 10.7. The molecule has 0 amide bonds. The number of rotatable bonds is 1. The fourth-order valence-electron chi connectivity index (χ4n) is 2.81. The van der Waals surface area contributed by atoms with Gasteiger partial charge in [0.05, 0.1) is 0 Å². The van der Waals surface area contributed by atoms with Crippen LogP contribution in [0.4, 0.5) is 4.39 Å². The van der Waals surface area contributed by atoms with Crippen LogP contribution in [-0.2, 0) is 0 Å². The quantitative estimate of drug-likeness (QED) is 0.637. The van der Waals surface area contributed by atoms with Gasteiger partial charge in [0.2, 0.25) is 0 Å². The zero-order valence-corrected chi connectivity index (χ0v) is 9.59. The zero-order valence-electron chi connectivity index (χ0n) is 9.59. The normalized spacial score (nSPS) is 26.6. The van der Waals surface area contributed by atoms with E-state index in [1.54, 1.807) is 12.1 Å². The summed E-state index contributed by atoms with van der Waals surface area (Å²) < 4.78 is 13.0. The Balaban J connectivity index is 2.21. The lowest BCUT2D eigenvalue weighted by Gasteiger charge is -2.28. The van der Waals surface area contributed by atoms with Gasteiger partial charge in [0.25, 0.3) is 0 Å². The van der Waals surface area contributed by atoms with Crippen LogP contribution in [0.3, 0.4) is 0 Å². The van der Waals surface area contributed by atoms with Crippen molar-refractivity contribution in [2.24, 2.45) is 5.92 Å². The molecule has 0 spiro atoms. The minimum Gasteiger partial charge on any atom is -0.207 e. The average molecular weight is 206 g/mol. The number of hydrogen-bond acceptors (Lipinski definition) is 0. The smallest absolute Gasteiger partial charge is 0.123 e. The van der Waals surface area contributed by atoms with Gasteiger partial charge in [-0.2, -0.15) is 0 Å². The van der Waals surface area contributed by atoms with Crippen LogP contribution >= 0.6 is 0 Å². The Morgan fingerprint density at radius 3 is 2.73 bits per heavy atom. The van der Waals surface area contributed by atoms with Gasteiger partial charge in [-0.05, 0) is 54.9 Å². The molecule has 0 aliphatic heterocycles. The summed E-state index contributed by atoms with van der Waals surface area (Å²) in [5.41, 5.74) is 2.48. The second-order valence-electron chi connectivity index (χ2n) is 4.97. The molecule has 1 heteroatoms. The molecule has 0 N–H and O–H groups in total. The predicted octanol–water partition coefficient (Wildman–Crippen LogP) is 4.43. The minimum absolute atomic E-state index is 0.111. The molecule has 0 nitrogen and oxygen atoms in total. The molecule has 82 valence electrons. The van der Waals surface area contributed by atoms with Crippen molar-refractivity contribution in [2.45, 2.75) is 45.4 Å². The first-order valence-electron chi connectivity index (χ1n) is 5.93. The Morgan fingerprint density at radius 1 is 1.27 bits per heavy atom. The Bertz CT molecular complexity index is 343. The molecule has 2 rings (SSSR count). The van der Waals surface area contributed by atoms with Gasteiger partial charge in [0.15, 0.2) is 0 Å². The first-order chi connectivity index (χ1) is 7.16. The average Bonchev–Trinajstić information content (AvgIpc) is 2.17. The van der Waals surface area contributed by atoms with Gasteiger partial charge in [-0.15, -0.1) is 0 Å². The van der Waals surface area contributed by atoms with Gasteiger partial charge in [-0.25, -0.2) is 4.39 Å². The van der Waals surface area contributed by atoms with E-state index in [0.29, 0.717) is 5.92 Å². The molecule has 1 saturated carbocycles. The molecule has 15 heavy (non-hydrogen) atoms. The maximum atomic E-state index is 13.0. The van der Waals surface area contributed by atoms with Gasteiger partial charge < -0.3 is 0 Å². The third-order valence-electron chi connectivity index (χ3n) is 3.61. The van der Waals surface area contributed by atoms with E-state index < -0.39 is 0 Å². The van der Waals surface area contributed by atoms with E-state index in [9.17, 15) is 4.39 Å². The van der Waals surface area contributed by atoms with E-state index in [1.807, 2.05) is 13.0 Å². The van der Waals surface area contributed by atoms with Crippen molar-refractivity contribution < 1.29 is 4.39 Å². The van der Waals surface area contributed by atoms with Crippen LogP contribution in [0.15, 0.2) is 18.2 Å². The topological polar surface area (TPSA) is 0 Å². The van der Waals surface area contributed by atoms with Crippen molar-refractivity contribution >= 4 is 0 Å². The molecule has 1 fully saturated rings. The molecule has 0 aromatic heterocycles. The van der Waals surface area contributed by atoms with Crippen molar-refractivity contribution in [3.63, 3.8) is 0 Å². The number of halogens is 1. The van der Waals surface area contributed by atoms with E-state index in [2.05, 4.69) is 6.92 Å². The van der Waals surface area contributed by atoms with E-state index in [0.717, 1.165) is 11.5 Å². The van der Waals surface area contributed by atoms with Crippen LogP contribution in [0.1, 0.15) is 49.7 Å². The predicted molar refractivity (Wildman–Crippen MR) is 61.5 cm³/mol. The fraction of sp³-hybridized carbons (Fsp3) is 0.571. The third kappa shape index (κ3) is 2.39. The van der Waals surface area contributed by atoms with Gasteiger partial charge in [0, 0.05) is 0 Å². The molecule has 1 unspecified atom stereocenters. The second kappa shape index (κ2) is 4.34. The van der Waals surface area contributed by atoms with E-state index in [4.69, 9.17) is 0 Å². The number of hydrogen-bond donors (Lipinski definition) is 0. The molecule has 1 aliphatic carbocycles. The van der Waals surface area contributed by atoms with Crippen molar-refractivity contribution in [1.82, 2.24) is 0 Å². The summed E-state index contributed by atoms with van der Waals surface area (Å²) in [5, 5.41) is 0. The van der Waals surface area contributed by atoms with Crippen LogP contribution < -0.4 is 0 Å². The third-order valence-corrected chi connectivity index (χ3v) is 3.61. The maximum absolute atomic E-state index is 13.0. The summed E-state index contributed by atoms with van der Waals surface area (Å²) in [5.74, 6) is 1.38. The monoisotopic (exact) mass is 206 g/mol.